The third kappa shape index (κ3) is 7.10. The van der Waals surface area contributed by atoms with E-state index in [1.165, 1.54) is 10.8 Å². The first kappa shape index (κ1) is 29.5. The van der Waals surface area contributed by atoms with E-state index >= 15 is 0 Å². The van der Waals surface area contributed by atoms with E-state index in [1.54, 1.807) is 6.20 Å². The van der Waals surface area contributed by atoms with Gasteiger partial charge in [-0.2, -0.15) is 0 Å². The van der Waals surface area contributed by atoms with Crippen LogP contribution in [0, 0.1) is 17.5 Å². The van der Waals surface area contributed by atoms with Crippen molar-refractivity contribution in [2.75, 3.05) is 0 Å². The largest absolute Gasteiger partial charge is 0.501 e. The molecule has 3 aromatic heterocycles. The van der Waals surface area contributed by atoms with Gasteiger partial charge in [0, 0.05) is 40.6 Å². The van der Waals surface area contributed by atoms with E-state index in [1.807, 2.05) is 118 Å². The summed E-state index contributed by atoms with van der Waals surface area (Å²) < 4.78 is 23.3. The van der Waals surface area contributed by atoms with Crippen molar-refractivity contribution >= 4 is 32.7 Å². The molecule has 1 radical (unpaired) electrons. The van der Waals surface area contributed by atoms with Crippen LogP contribution >= 0.6 is 0 Å². The molecule has 8 aromatic rings. The zero-order valence-corrected chi connectivity index (χ0v) is 28.8. The third-order valence-electron chi connectivity index (χ3n) is 7.73. The van der Waals surface area contributed by atoms with Crippen LogP contribution in [-0.2, 0) is 26.5 Å². The topological polar surface area (TPSA) is 38.9 Å². The van der Waals surface area contributed by atoms with Gasteiger partial charge in [-0.05, 0) is 62.8 Å². The molecule has 0 fully saturated rings. The fraction of sp³-hybridized carbons (Fsp3) is 0.116. The number of hydrogen-bond donors (Lipinski definition) is 0. The van der Waals surface area contributed by atoms with E-state index in [4.69, 9.17) is 12.1 Å². The summed E-state index contributed by atoms with van der Waals surface area (Å²) in [6, 6.07) is 48.4. The monoisotopic (exact) mass is 789 g/mol. The molecule has 0 aliphatic rings. The van der Waals surface area contributed by atoms with Crippen LogP contribution in [0.2, 0.25) is 0 Å². The molecule has 0 saturated heterocycles. The zero-order chi connectivity index (χ0) is 33.3. The Morgan fingerprint density at radius 3 is 2.19 bits per heavy atom. The predicted molar refractivity (Wildman–Crippen MR) is 190 cm³/mol. The van der Waals surface area contributed by atoms with Gasteiger partial charge in [0.15, 0.2) is 0 Å². The molecule has 0 atom stereocenters. The maximum atomic E-state index is 8.51. The molecule has 3 heterocycles. The van der Waals surface area contributed by atoms with Gasteiger partial charge in [0.25, 0.3) is 0 Å². The molecule has 3 nitrogen and oxygen atoms in total. The smallest absolute Gasteiger partial charge is 0.121 e. The number of hydrogen-bond acceptors (Lipinski definition) is 3. The van der Waals surface area contributed by atoms with Crippen LogP contribution in [0.4, 0.5) is 0 Å². The van der Waals surface area contributed by atoms with Crippen molar-refractivity contribution in [2.24, 2.45) is 5.41 Å². The summed E-state index contributed by atoms with van der Waals surface area (Å²) in [5.41, 5.74) is 7.47. The van der Waals surface area contributed by atoms with Crippen molar-refractivity contribution < 1.29 is 27.3 Å². The molecular weight excluding hydrogens is 753 g/mol. The summed E-state index contributed by atoms with van der Waals surface area (Å²) in [6.45, 7) is 5.77. The standard InChI is InChI=1S/C32H26NO.C11H8N.Ir/c1-32(2,3)19-21-11-13-22(14-12-21)24-15-17-28(33-20-24)26-9-6-10-27-30-25-8-5-4-7-23(25)16-18-29(30)34-31(26)27;1-2-6-10(7-3-1)11-8-4-5-9-12-11;/h4-8,10-18,20H,19H2,1-3H3;1-6,8-9H;/q2*-1;/i19D2;;. The predicted octanol–water partition coefficient (Wildman–Crippen LogP) is 11.4. The third-order valence-corrected chi connectivity index (χ3v) is 7.73. The Bertz CT molecular complexity index is 2290. The number of furan rings is 1. The van der Waals surface area contributed by atoms with Crippen molar-refractivity contribution in [1.82, 2.24) is 9.97 Å². The quantitative estimate of drug-likeness (QED) is 0.167. The summed E-state index contributed by atoms with van der Waals surface area (Å²) in [5.74, 6) is 0. The zero-order valence-electron chi connectivity index (χ0n) is 28.4. The summed E-state index contributed by atoms with van der Waals surface area (Å²) in [7, 11) is 0. The molecule has 0 amide bonds. The van der Waals surface area contributed by atoms with Crippen LogP contribution in [0.15, 0.2) is 144 Å². The molecule has 4 heteroatoms. The van der Waals surface area contributed by atoms with E-state index in [0.717, 1.165) is 55.6 Å². The van der Waals surface area contributed by atoms with Gasteiger partial charge in [-0.3, -0.25) is 0 Å². The number of fused-ring (bicyclic) bond motifs is 5. The van der Waals surface area contributed by atoms with Crippen molar-refractivity contribution in [2.45, 2.75) is 27.1 Å². The fourth-order valence-electron chi connectivity index (χ4n) is 5.67. The number of rotatable bonds is 4. The molecule has 47 heavy (non-hydrogen) atoms. The molecule has 0 spiro atoms. The van der Waals surface area contributed by atoms with E-state index in [9.17, 15) is 0 Å². The Labute approximate surface area is 292 Å². The van der Waals surface area contributed by atoms with Gasteiger partial charge in [-0.25, -0.2) is 0 Å². The Kier molecular flexibility index (Phi) is 8.69. The first-order valence-corrected chi connectivity index (χ1v) is 15.4. The minimum absolute atomic E-state index is 0. The van der Waals surface area contributed by atoms with Crippen molar-refractivity contribution in [3.8, 4) is 33.6 Å². The first-order valence-electron chi connectivity index (χ1n) is 16.4. The Hall–Kier alpha value is -4.89. The van der Waals surface area contributed by atoms with Crippen molar-refractivity contribution in [1.29, 1.82) is 0 Å². The van der Waals surface area contributed by atoms with Gasteiger partial charge >= 0.3 is 0 Å². The second-order valence-electron chi connectivity index (χ2n) is 12.2. The van der Waals surface area contributed by atoms with Crippen molar-refractivity contribution in [3.05, 3.63) is 157 Å². The molecule has 0 aliphatic carbocycles. The van der Waals surface area contributed by atoms with Gasteiger partial charge in [0.2, 0.25) is 0 Å². The van der Waals surface area contributed by atoms with E-state index in [-0.39, 0.29) is 20.1 Å². The number of pyridine rings is 2. The molecule has 0 bridgehead atoms. The molecule has 0 N–H and O–H groups in total. The van der Waals surface area contributed by atoms with Crippen molar-refractivity contribution in [3.63, 3.8) is 0 Å². The second kappa shape index (κ2) is 13.8. The van der Waals surface area contributed by atoms with Crippen LogP contribution in [0.25, 0.3) is 66.4 Å². The normalized spacial score (nSPS) is 12.1. The summed E-state index contributed by atoms with van der Waals surface area (Å²) in [6.07, 6.45) is 2.23. The van der Waals surface area contributed by atoms with Gasteiger partial charge in [0.1, 0.15) is 5.58 Å². The molecule has 0 aliphatic heterocycles. The van der Waals surface area contributed by atoms with Gasteiger partial charge in [0.05, 0.1) is 5.58 Å². The number of nitrogens with zero attached hydrogens (tertiary/aromatic N) is 2. The maximum Gasteiger partial charge on any atom is 0.121 e. The molecule has 0 unspecified atom stereocenters. The van der Waals surface area contributed by atoms with Crippen LogP contribution in [-0.4, -0.2) is 9.97 Å². The average molecular weight is 789 g/mol. The average Bonchev–Trinajstić information content (AvgIpc) is 3.52. The molecule has 233 valence electrons. The van der Waals surface area contributed by atoms with Gasteiger partial charge in [-0.15, -0.1) is 54.1 Å². The Morgan fingerprint density at radius 2 is 1.47 bits per heavy atom. The first-order chi connectivity index (χ1) is 23.2. The van der Waals surface area contributed by atoms with Gasteiger partial charge in [-0.1, -0.05) is 111 Å². The summed E-state index contributed by atoms with van der Waals surface area (Å²) in [4.78, 5) is 8.97. The fourth-order valence-corrected chi connectivity index (χ4v) is 5.67. The number of aromatic nitrogens is 2. The van der Waals surface area contributed by atoms with Gasteiger partial charge < -0.3 is 14.4 Å². The SMILES string of the molecule is [2H]C([2H])(c1ccc(-c2ccc(-c3[c-]ccc4c3oc3ccc5ccccc5c34)nc2)cc1)C(C)(C)C.[Ir].[c-]1ccccc1-c1ccccn1. The number of benzene rings is 5. The summed E-state index contributed by atoms with van der Waals surface area (Å²) >= 11 is 0. The molecule has 8 rings (SSSR count). The molecular formula is C43H34IrN2O-2. The van der Waals surface area contributed by atoms with E-state index < -0.39 is 11.8 Å². The van der Waals surface area contributed by atoms with E-state index in [2.05, 4.69) is 53.5 Å². The Balaban J connectivity index is 0.000000270. The molecule has 5 aromatic carbocycles. The van der Waals surface area contributed by atoms with Crippen LogP contribution in [0.1, 0.15) is 29.1 Å². The van der Waals surface area contributed by atoms with Crippen LogP contribution in [0.3, 0.4) is 0 Å². The summed E-state index contributed by atoms with van der Waals surface area (Å²) in [5, 5.41) is 4.54. The Morgan fingerprint density at radius 1 is 0.681 bits per heavy atom. The maximum absolute atomic E-state index is 8.51. The van der Waals surface area contributed by atoms with Crippen LogP contribution in [0.5, 0.6) is 0 Å². The van der Waals surface area contributed by atoms with E-state index in [0.29, 0.717) is 5.56 Å². The second-order valence-corrected chi connectivity index (χ2v) is 12.2. The van der Waals surface area contributed by atoms with Crippen LogP contribution < -0.4 is 0 Å². The molecule has 0 saturated carbocycles. The minimum Gasteiger partial charge on any atom is -0.501 e. The minimum atomic E-state index is -1.42.